The predicted molar refractivity (Wildman–Crippen MR) is 148 cm³/mol. The van der Waals surface area contributed by atoms with Gasteiger partial charge in [0.25, 0.3) is 0 Å². The molecular formula is C26H30N6O5S2. The molecule has 2 aromatic heterocycles. The molecule has 0 aliphatic carbocycles. The van der Waals surface area contributed by atoms with Gasteiger partial charge in [0.1, 0.15) is 11.9 Å². The topological polar surface area (TPSA) is 159 Å². The molecule has 3 heterocycles. The second kappa shape index (κ2) is 10.5. The van der Waals surface area contributed by atoms with Crippen LogP contribution in [0.3, 0.4) is 0 Å². The van der Waals surface area contributed by atoms with Crippen molar-refractivity contribution in [3.8, 4) is 0 Å². The predicted octanol–water partition coefficient (Wildman–Crippen LogP) is 1.78. The first-order valence-corrected chi connectivity index (χ1v) is 15.4. The van der Waals surface area contributed by atoms with Crippen molar-refractivity contribution in [1.29, 1.82) is 0 Å². The number of amides is 1. The van der Waals surface area contributed by atoms with Crippen molar-refractivity contribution in [2.45, 2.75) is 41.8 Å². The van der Waals surface area contributed by atoms with Crippen LogP contribution < -0.4 is 15.2 Å². The highest BCUT2D eigenvalue weighted by molar-refractivity contribution is 7.90. The number of aryl methyl sites for hydroxylation is 1. The van der Waals surface area contributed by atoms with Crippen LogP contribution in [0.25, 0.3) is 10.9 Å². The van der Waals surface area contributed by atoms with E-state index in [-0.39, 0.29) is 22.8 Å². The normalized spacial score (nSPS) is 14.8. The van der Waals surface area contributed by atoms with Crippen molar-refractivity contribution in [1.82, 2.24) is 23.9 Å². The second-order valence-electron chi connectivity index (χ2n) is 9.43. The van der Waals surface area contributed by atoms with Gasteiger partial charge in [-0.3, -0.25) is 4.79 Å². The van der Waals surface area contributed by atoms with Gasteiger partial charge in [0, 0.05) is 42.9 Å². The molecule has 1 aliphatic rings. The van der Waals surface area contributed by atoms with Gasteiger partial charge in [-0.05, 0) is 73.5 Å². The number of nitrogen functional groups attached to an aromatic ring is 1. The van der Waals surface area contributed by atoms with Crippen LogP contribution in [-0.2, 0) is 44.4 Å². The number of nitrogens with one attached hydrogen (secondary N) is 3. The Balaban J connectivity index is 1.43. The molecule has 1 unspecified atom stereocenters. The van der Waals surface area contributed by atoms with Crippen LogP contribution in [0.4, 0.5) is 5.82 Å². The monoisotopic (exact) mass is 570 g/mol. The van der Waals surface area contributed by atoms with Gasteiger partial charge in [-0.15, -0.1) is 0 Å². The maximum atomic E-state index is 13.8. The van der Waals surface area contributed by atoms with Gasteiger partial charge >= 0.3 is 0 Å². The van der Waals surface area contributed by atoms with Crippen LogP contribution in [0, 0.1) is 0 Å². The van der Waals surface area contributed by atoms with E-state index >= 15 is 0 Å². The van der Waals surface area contributed by atoms with Gasteiger partial charge in [-0.2, -0.15) is 4.72 Å². The molecule has 5 rings (SSSR count). The van der Waals surface area contributed by atoms with Gasteiger partial charge in [-0.1, -0.05) is 12.1 Å². The smallest absolute Gasteiger partial charge is 0.241 e. The number of carbonyl (C=O) groups excluding carboxylic acids is 1. The van der Waals surface area contributed by atoms with Crippen molar-refractivity contribution >= 4 is 42.7 Å². The fraction of sp³-hybridized carbons (Fsp3) is 0.269. The number of benzene rings is 2. The van der Waals surface area contributed by atoms with E-state index in [9.17, 15) is 21.6 Å². The van der Waals surface area contributed by atoms with E-state index in [0.29, 0.717) is 41.8 Å². The number of anilines is 1. The van der Waals surface area contributed by atoms with Crippen molar-refractivity contribution in [2.75, 3.05) is 19.3 Å². The first kappa shape index (κ1) is 26.9. The Morgan fingerprint density at radius 3 is 2.62 bits per heavy atom. The fourth-order valence-corrected chi connectivity index (χ4v) is 7.13. The molecule has 0 spiro atoms. The standard InChI is InChI=1S/C26H30N6O5S2/c1-28-38(34,35)20-8-7-18-10-14-32(17-19(18)16-20)26(33)23(11-15-31-13-3-6-25(31)27)30-39(36,37)24-5-2-4-22-21(24)9-12-29-22/h2-9,12-13,16,23,28-30H,10-11,14-15,17,27H2,1H3. The van der Waals surface area contributed by atoms with E-state index in [1.165, 1.54) is 13.1 Å². The maximum absolute atomic E-state index is 13.8. The highest BCUT2D eigenvalue weighted by Gasteiger charge is 2.32. The summed E-state index contributed by atoms with van der Waals surface area (Å²) in [4.78, 5) is 18.6. The molecule has 0 radical (unpaired) electrons. The van der Waals surface area contributed by atoms with Crippen LogP contribution in [0.1, 0.15) is 17.5 Å². The summed E-state index contributed by atoms with van der Waals surface area (Å²) < 4.78 is 58.4. The zero-order valence-electron chi connectivity index (χ0n) is 21.3. The highest BCUT2D eigenvalue weighted by Crippen LogP contribution is 2.25. The Labute approximate surface area is 227 Å². The summed E-state index contributed by atoms with van der Waals surface area (Å²) in [5, 5.41) is 0.524. The Kier molecular flexibility index (Phi) is 7.25. The summed E-state index contributed by atoms with van der Waals surface area (Å²) in [7, 11) is -6.39. The van der Waals surface area contributed by atoms with E-state index in [0.717, 1.165) is 5.56 Å². The molecule has 0 bridgehead atoms. The van der Waals surface area contributed by atoms with E-state index < -0.39 is 32.0 Å². The SMILES string of the molecule is CNS(=O)(=O)c1ccc2c(c1)CN(C(=O)C(CCn1cccc1N)NS(=O)(=O)c1cccc3[nH]ccc13)CC2. The highest BCUT2D eigenvalue weighted by atomic mass is 32.2. The third kappa shape index (κ3) is 5.43. The molecule has 0 saturated carbocycles. The third-order valence-corrected chi connectivity index (χ3v) is 9.99. The number of nitrogens with zero attached hydrogens (tertiary/aromatic N) is 2. The number of hydrogen-bond acceptors (Lipinski definition) is 6. The number of sulfonamides is 2. The van der Waals surface area contributed by atoms with Gasteiger partial charge in [0.15, 0.2) is 0 Å². The summed E-state index contributed by atoms with van der Waals surface area (Å²) in [5.41, 5.74) is 8.32. The van der Waals surface area contributed by atoms with Gasteiger partial charge in [0.2, 0.25) is 26.0 Å². The zero-order chi connectivity index (χ0) is 27.8. The summed E-state index contributed by atoms with van der Waals surface area (Å²) in [6, 6.07) is 13.9. The minimum absolute atomic E-state index is 0.0745. The first-order valence-electron chi connectivity index (χ1n) is 12.4. The lowest BCUT2D eigenvalue weighted by molar-refractivity contribution is -0.134. The fourth-order valence-electron chi connectivity index (χ4n) is 4.90. The van der Waals surface area contributed by atoms with Crippen LogP contribution >= 0.6 is 0 Å². The number of rotatable bonds is 9. The molecule has 206 valence electrons. The molecule has 2 aromatic carbocycles. The minimum Gasteiger partial charge on any atom is -0.385 e. The average Bonchev–Trinajstić information content (AvgIpc) is 3.58. The van der Waals surface area contributed by atoms with E-state index in [1.54, 1.807) is 70.4 Å². The molecule has 4 aromatic rings. The number of hydrogen-bond donors (Lipinski definition) is 4. The molecule has 5 N–H and O–H groups in total. The lowest BCUT2D eigenvalue weighted by Gasteiger charge is -2.32. The van der Waals surface area contributed by atoms with Crippen molar-refractivity contribution in [3.63, 3.8) is 0 Å². The van der Waals surface area contributed by atoms with Crippen molar-refractivity contribution < 1.29 is 21.6 Å². The number of carbonyl (C=O) groups is 1. The van der Waals surface area contributed by atoms with Crippen LogP contribution in [0.2, 0.25) is 0 Å². The third-order valence-electron chi connectivity index (χ3n) is 7.04. The van der Waals surface area contributed by atoms with E-state index in [1.807, 2.05) is 0 Å². The summed E-state index contributed by atoms with van der Waals surface area (Å²) in [5.74, 6) is 0.115. The number of fused-ring (bicyclic) bond motifs is 2. The Bertz CT molecular complexity index is 1740. The lowest BCUT2D eigenvalue weighted by Crippen LogP contribution is -2.50. The largest absolute Gasteiger partial charge is 0.385 e. The van der Waals surface area contributed by atoms with Crippen molar-refractivity contribution in [3.05, 3.63) is 78.1 Å². The zero-order valence-corrected chi connectivity index (χ0v) is 22.9. The summed E-state index contributed by atoms with van der Waals surface area (Å²) in [6.07, 6.45) is 4.12. The van der Waals surface area contributed by atoms with Gasteiger partial charge < -0.3 is 20.2 Å². The van der Waals surface area contributed by atoms with Crippen LogP contribution in [0.5, 0.6) is 0 Å². The minimum atomic E-state index is -4.08. The summed E-state index contributed by atoms with van der Waals surface area (Å²) in [6.45, 7) is 0.862. The Morgan fingerprint density at radius 1 is 1.05 bits per heavy atom. The maximum Gasteiger partial charge on any atom is 0.241 e. The Morgan fingerprint density at radius 2 is 1.87 bits per heavy atom. The van der Waals surface area contributed by atoms with Crippen molar-refractivity contribution in [2.24, 2.45) is 0 Å². The number of nitrogens with two attached hydrogens (primary N) is 1. The molecular weight excluding hydrogens is 540 g/mol. The number of H-pyrrole nitrogens is 1. The number of aromatic amines is 1. The van der Waals surface area contributed by atoms with Crippen LogP contribution in [-0.4, -0.2) is 56.8 Å². The Hall–Kier alpha value is -3.65. The molecule has 39 heavy (non-hydrogen) atoms. The summed E-state index contributed by atoms with van der Waals surface area (Å²) >= 11 is 0. The number of aromatic nitrogens is 2. The van der Waals surface area contributed by atoms with Gasteiger partial charge in [0.05, 0.1) is 9.79 Å². The molecule has 0 fully saturated rings. The average molecular weight is 571 g/mol. The molecule has 0 saturated heterocycles. The van der Waals surface area contributed by atoms with E-state index in [4.69, 9.17) is 5.73 Å². The van der Waals surface area contributed by atoms with Gasteiger partial charge in [-0.25, -0.2) is 21.6 Å². The molecule has 1 amide bonds. The second-order valence-corrected chi connectivity index (χ2v) is 13.0. The van der Waals surface area contributed by atoms with Crippen LogP contribution in [0.15, 0.2) is 76.8 Å². The van der Waals surface area contributed by atoms with E-state index in [2.05, 4.69) is 14.4 Å². The molecule has 1 aliphatic heterocycles. The quantitative estimate of drug-likeness (QED) is 0.240. The first-order chi connectivity index (χ1) is 18.6. The molecule has 13 heteroatoms. The molecule has 11 nitrogen and oxygen atoms in total. The lowest BCUT2D eigenvalue weighted by atomic mass is 9.99. The molecule has 1 atom stereocenters.